The summed E-state index contributed by atoms with van der Waals surface area (Å²) >= 11 is 7.58. The van der Waals surface area contributed by atoms with Gasteiger partial charge in [-0.2, -0.15) is 3.71 Å². The first-order chi connectivity index (χ1) is 15.0. The molecule has 9 nitrogen and oxygen atoms in total. The number of carbonyl (C=O) groups excluding carboxylic acids is 2. The lowest BCUT2D eigenvalue weighted by molar-refractivity contribution is -0.160. The van der Waals surface area contributed by atoms with Crippen molar-refractivity contribution in [3.63, 3.8) is 0 Å². The zero-order valence-corrected chi connectivity index (χ0v) is 21.7. The van der Waals surface area contributed by atoms with Crippen LogP contribution in [0.15, 0.2) is 52.3 Å². The third-order valence-corrected chi connectivity index (χ3v) is 8.58. The first-order valence-corrected chi connectivity index (χ1v) is 14.2. The molecule has 0 heterocycles. The molecule has 0 spiro atoms. The molecule has 1 N–H and O–H groups in total. The molecule has 0 saturated heterocycles. The molecule has 0 atom stereocenters. The fourth-order valence-electron chi connectivity index (χ4n) is 2.74. The minimum absolute atomic E-state index is 0.00385. The Morgan fingerprint density at radius 2 is 1.48 bits per heavy atom. The monoisotopic (exact) mass is 534 g/mol. The molecule has 2 rings (SSSR count). The predicted octanol–water partition coefficient (Wildman–Crippen LogP) is 3.50. The van der Waals surface area contributed by atoms with E-state index in [1.807, 2.05) is 0 Å². The van der Waals surface area contributed by atoms with Gasteiger partial charge in [-0.15, -0.1) is 0 Å². The van der Waals surface area contributed by atoms with Crippen LogP contribution in [0.2, 0.25) is 5.02 Å². The summed E-state index contributed by atoms with van der Waals surface area (Å²) in [7, 11) is -8.05. The highest BCUT2D eigenvalue weighted by Gasteiger charge is 2.31. The van der Waals surface area contributed by atoms with E-state index in [4.69, 9.17) is 16.3 Å². The second kappa shape index (κ2) is 9.92. The lowest BCUT2D eigenvalue weighted by Gasteiger charge is -2.23. The van der Waals surface area contributed by atoms with Crippen molar-refractivity contribution in [2.45, 2.75) is 36.2 Å². The molecule has 0 saturated carbocycles. The minimum Gasteiger partial charge on any atom is -0.450 e. The van der Waals surface area contributed by atoms with Crippen molar-refractivity contribution in [2.24, 2.45) is 0 Å². The average Bonchev–Trinajstić information content (AvgIpc) is 2.62. The van der Waals surface area contributed by atoms with E-state index in [1.54, 1.807) is 30.3 Å². The quantitative estimate of drug-likeness (QED) is 0.510. The van der Waals surface area contributed by atoms with Crippen molar-refractivity contribution < 1.29 is 31.2 Å². The number of anilines is 2. The maximum Gasteiger partial charge on any atom is 0.303 e. The number of nitrogens with zero attached hydrogens (tertiary/aromatic N) is 1. The van der Waals surface area contributed by atoms with Crippen LogP contribution in [-0.4, -0.2) is 46.8 Å². The van der Waals surface area contributed by atoms with Gasteiger partial charge in [-0.1, -0.05) is 23.4 Å². The van der Waals surface area contributed by atoms with Gasteiger partial charge in [-0.3, -0.25) is 9.59 Å². The molecule has 2 aromatic rings. The lowest BCUT2D eigenvalue weighted by atomic mass is 10.1. The molecule has 33 heavy (non-hydrogen) atoms. The number of benzene rings is 2. The number of amides is 1. The van der Waals surface area contributed by atoms with Crippen molar-refractivity contribution in [3.8, 4) is 0 Å². The standard InChI is InChI=1S/C20H23ClN2O7S3/c1-13(24)30-20(2,3)19(25)22-18-11-10-16(12-17(18)21)31-15-8-6-14(7-9-15)23(32(4,26)27)33(5,28)29/h6-12H,1-5H3,(H,22,25). The normalized spacial score (nSPS) is 12.2. The fraction of sp³-hybridized carbons (Fsp3) is 0.300. The van der Waals surface area contributed by atoms with E-state index in [0.717, 1.165) is 12.5 Å². The topological polar surface area (TPSA) is 127 Å². The van der Waals surface area contributed by atoms with Crippen LogP contribution in [0.5, 0.6) is 0 Å². The van der Waals surface area contributed by atoms with Gasteiger partial charge in [-0.25, -0.2) is 16.8 Å². The Bertz CT molecular complexity index is 1240. The molecule has 0 fully saturated rings. The fourth-order valence-corrected chi connectivity index (χ4v) is 6.87. The van der Waals surface area contributed by atoms with E-state index in [2.05, 4.69) is 5.32 Å². The second-order valence-electron chi connectivity index (χ2n) is 7.52. The lowest BCUT2D eigenvalue weighted by Crippen LogP contribution is -2.41. The van der Waals surface area contributed by atoms with Gasteiger partial charge in [0.25, 0.3) is 5.91 Å². The first kappa shape index (κ1) is 27.0. The Morgan fingerprint density at radius 3 is 1.94 bits per heavy atom. The molecule has 2 aromatic carbocycles. The van der Waals surface area contributed by atoms with Crippen LogP contribution in [-0.2, 0) is 34.4 Å². The van der Waals surface area contributed by atoms with E-state index in [9.17, 15) is 26.4 Å². The molecule has 0 aromatic heterocycles. The van der Waals surface area contributed by atoms with Gasteiger partial charge in [0.15, 0.2) is 5.60 Å². The maximum absolute atomic E-state index is 12.4. The highest BCUT2D eigenvalue weighted by Crippen LogP contribution is 2.34. The highest BCUT2D eigenvalue weighted by atomic mass is 35.5. The van der Waals surface area contributed by atoms with E-state index < -0.39 is 37.5 Å². The number of nitrogens with one attached hydrogen (secondary N) is 1. The van der Waals surface area contributed by atoms with Crippen LogP contribution in [0.25, 0.3) is 0 Å². The van der Waals surface area contributed by atoms with Gasteiger partial charge in [0.1, 0.15) is 0 Å². The molecule has 0 aliphatic heterocycles. The van der Waals surface area contributed by atoms with Gasteiger partial charge < -0.3 is 10.1 Å². The Labute approximate surface area is 202 Å². The Morgan fingerprint density at radius 1 is 0.970 bits per heavy atom. The van der Waals surface area contributed by atoms with Gasteiger partial charge in [0, 0.05) is 16.7 Å². The molecular formula is C20H23ClN2O7S3. The summed E-state index contributed by atoms with van der Waals surface area (Å²) in [5.41, 5.74) is -1.05. The molecule has 180 valence electrons. The number of ether oxygens (including phenoxy) is 1. The van der Waals surface area contributed by atoms with Crippen LogP contribution in [0.3, 0.4) is 0 Å². The summed E-state index contributed by atoms with van der Waals surface area (Å²) in [5.74, 6) is -1.13. The van der Waals surface area contributed by atoms with E-state index in [1.165, 1.54) is 44.7 Å². The van der Waals surface area contributed by atoms with E-state index in [-0.39, 0.29) is 10.7 Å². The summed E-state index contributed by atoms with van der Waals surface area (Å²) in [6.07, 6.45) is 1.62. The highest BCUT2D eigenvalue weighted by molar-refractivity contribution is 8.09. The van der Waals surface area contributed by atoms with Crippen LogP contribution < -0.4 is 9.03 Å². The number of halogens is 1. The van der Waals surface area contributed by atoms with Gasteiger partial charge in [0.2, 0.25) is 20.0 Å². The van der Waals surface area contributed by atoms with E-state index in [0.29, 0.717) is 19.2 Å². The molecule has 0 aliphatic carbocycles. The summed E-state index contributed by atoms with van der Waals surface area (Å²) < 4.78 is 52.9. The maximum atomic E-state index is 12.4. The molecule has 0 radical (unpaired) electrons. The molecule has 0 bridgehead atoms. The second-order valence-corrected chi connectivity index (χ2v) is 13.0. The molecular weight excluding hydrogens is 512 g/mol. The van der Waals surface area contributed by atoms with Crippen molar-refractivity contribution in [2.75, 3.05) is 21.5 Å². The molecule has 0 aliphatic rings. The van der Waals surface area contributed by atoms with Gasteiger partial charge >= 0.3 is 5.97 Å². The van der Waals surface area contributed by atoms with Crippen molar-refractivity contribution >= 4 is 66.7 Å². The summed E-state index contributed by atoms with van der Waals surface area (Å²) in [6.45, 7) is 4.13. The van der Waals surface area contributed by atoms with E-state index >= 15 is 0 Å². The van der Waals surface area contributed by atoms with Crippen molar-refractivity contribution in [3.05, 3.63) is 47.5 Å². The van der Waals surface area contributed by atoms with Gasteiger partial charge in [0.05, 0.1) is 28.9 Å². The van der Waals surface area contributed by atoms with Gasteiger partial charge in [-0.05, 0) is 56.3 Å². The van der Waals surface area contributed by atoms with Crippen molar-refractivity contribution in [1.29, 1.82) is 0 Å². The largest absolute Gasteiger partial charge is 0.450 e. The number of sulfonamides is 2. The summed E-state index contributed by atoms with van der Waals surface area (Å²) in [6, 6.07) is 10.8. The van der Waals surface area contributed by atoms with Crippen LogP contribution >= 0.6 is 23.4 Å². The third kappa shape index (κ3) is 7.36. The van der Waals surface area contributed by atoms with Crippen LogP contribution in [0.4, 0.5) is 11.4 Å². The molecule has 1 amide bonds. The summed E-state index contributed by atoms with van der Waals surface area (Å²) in [4.78, 5) is 25.0. The molecule has 13 heteroatoms. The number of hydrogen-bond donors (Lipinski definition) is 1. The summed E-state index contributed by atoms with van der Waals surface area (Å²) in [5, 5.41) is 2.87. The number of hydrogen-bond acceptors (Lipinski definition) is 8. The Balaban J connectivity index is 2.19. The zero-order valence-electron chi connectivity index (χ0n) is 18.4. The Hall–Kier alpha value is -2.28. The smallest absolute Gasteiger partial charge is 0.303 e. The SMILES string of the molecule is CC(=O)OC(C)(C)C(=O)Nc1ccc(Sc2ccc(N(S(C)(=O)=O)S(C)(=O)=O)cc2)cc1Cl. The average molecular weight is 535 g/mol. The third-order valence-electron chi connectivity index (χ3n) is 4.02. The number of carbonyl (C=O) groups is 2. The first-order valence-electron chi connectivity index (χ1n) is 9.30. The molecule has 0 unspecified atom stereocenters. The zero-order chi connectivity index (χ0) is 25.2. The van der Waals surface area contributed by atoms with Crippen LogP contribution in [0.1, 0.15) is 20.8 Å². The van der Waals surface area contributed by atoms with Crippen LogP contribution in [0, 0.1) is 0 Å². The Kier molecular flexibility index (Phi) is 8.10. The predicted molar refractivity (Wildman–Crippen MR) is 129 cm³/mol. The number of esters is 1. The van der Waals surface area contributed by atoms with Crippen molar-refractivity contribution in [1.82, 2.24) is 0 Å². The minimum atomic E-state index is -4.03. The number of rotatable bonds is 8.